The van der Waals surface area contributed by atoms with Gasteiger partial charge in [0.25, 0.3) is 0 Å². The van der Waals surface area contributed by atoms with Crippen molar-refractivity contribution in [2.45, 2.75) is 51.9 Å². The molecule has 130 valence electrons. The quantitative estimate of drug-likeness (QED) is 0.936. The second-order valence-corrected chi connectivity index (χ2v) is 7.41. The number of aliphatic hydroxyl groups is 1. The standard InChI is InChI=1S/C19H27N3O2/c1-3-24-17-10-16(23)19(17)6-8-21(9-7-19)12-15-13-22-11-14(2)4-5-18(22)20-15/h4-5,11,13,16-17,23H,3,6-10,12H2,1-2H3. The van der Waals surface area contributed by atoms with E-state index in [1.807, 2.05) is 6.92 Å². The van der Waals surface area contributed by atoms with Crippen molar-refractivity contribution in [1.29, 1.82) is 0 Å². The molecular formula is C19H27N3O2. The van der Waals surface area contributed by atoms with Crippen molar-refractivity contribution in [3.8, 4) is 0 Å². The van der Waals surface area contributed by atoms with Crippen molar-refractivity contribution in [2.75, 3.05) is 19.7 Å². The monoisotopic (exact) mass is 329 g/mol. The van der Waals surface area contributed by atoms with Crippen LogP contribution in [0.5, 0.6) is 0 Å². The maximum atomic E-state index is 10.3. The molecule has 0 bridgehead atoms. The van der Waals surface area contributed by atoms with Gasteiger partial charge in [-0.2, -0.15) is 0 Å². The Morgan fingerprint density at radius 2 is 2.08 bits per heavy atom. The van der Waals surface area contributed by atoms with E-state index in [9.17, 15) is 5.11 Å². The summed E-state index contributed by atoms with van der Waals surface area (Å²) in [5.41, 5.74) is 3.37. The highest BCUT2D eigenvalue weighted by atomic mass is 16.5. The summed E-state index contributed by atoms with van der Waals surface area (Å²) in [4.78, 5) is 7.18. The third-order valence-corrected chi connectivity index (χ3v) is 5.93. The van der Waals surface area contributed by atoms with Gasteiger partial charge in [0, 0.05) is 37.4 Å². The number of piperidine rings is 1. The zero-order valence-corrected chi connectivity index (χ0v) is 14.6. The van der Waals surface area contributed by atoms with Crippen LogP contribution in [0, 0.1) is 12.3 Å². The molecule has 1 aliphatic heterocycles. The van der Waals surface area contributed by atoms with Crippen LogP contribution in [0.15, 0.2) is 24.5 Å². The van der Waals surface area contributed by atoms with Crippen molar-refractivity contribution < 1.29 is 9.84 Å². The smallest absolute Gasteiger partial charge is 0.137 e. The van der Waals surface area contributed by atoms with Gasteiger partial charge >= 0.3 is 0 Å². The van der Waals surface area contributed by atoms with Crippen LogP contribution in [-0.4, -0.2) is 51.3 Å². The molecule has 1 aliphatic carbocycles. The summed E-state index contributed by atoms with van der Waals surface area (Å²) >= 11 is 0. The molecule has 0 radical (unpaired) electrons. The maximum absolute atomic E-state index is 10.3. The molecule has 2 fully saturated rings. The Morgan fingerprint density at radius 3 is 2.79 bits per heavy atom. The fourth-order valence-electron chi connectivity index (χ4n) is 4.40. The summed E-state index contributed by atoms with van der Waals surface area (Å²) in [5.74, 6) is 0. The number of likely N-dealkylation sites (tertiary alicyclic amines) is 1. The molecule has 2 unspecified atom stereocenters. The van der Waals surface area contributed by atoms with Gasteiger partial charge < -0.3 is 14.2 Å². The Balaban J connectivity index is 1.40. The molecule has 24 heavy (non-hydrogen) atoms. The highest BCUT2D eigenvalue weighted by Gasteiger charge is 2.55. The predicted molar refractivity (Wildman–Crippen MR) is 92.9 cm³/mol. The van der Waals surface area contributed by atoms with Gasteiger partial charge in [-0.1, -0.05) is 6.07 Å². The van der Waals surface area contributed by atoms with E-state index in [2.05, 4.69) is 40.8 Å². The van der Waals surface area contributed by atoms with Gasteiger partial charge in [0.15, 0.2) is 0 Å². The number of hydrogen-bond donors (Lipinski definition) is 1. The van der Waals surface area contributed by atoms with E-state index in [4.69, 9.17) is 9.72 Å². The minimum absolute atomic E-state index is 0.00252. The van der Waals surface area contributed by atoms with Gasteiger partial charge in [-0.05, 0) is 51.4 Å². The first-order valence-corrected chi connectivity index (χ1v) is 9.07. The number of aryl methyl sites for hydroxylation is 1. The topological polar surface area (TPSA) is 50.0 Å². The average Bonchev–Trinajstić information content (AvgIpc) is 2.96. The Kier molecular flexibility index (Phi) is 4.11. The number of fused-ring (bicyclic) bond motifs is 1. The largest absolute Gasteiger partial charge is 0.392 e. The fraction of sp³-hybridized carbons (Fsp3) is 0.632. The Morgan fingerprint density at radius 1 is 1.29 bits per heavy atom. The molecule has 0 amide bonds. The van der Waals surface area contributed by atoms with Gasteiger partial charge in [-0.25, -0.2) is 4.98 Å². The SMILES string of the molecule is CCOC1CC(O)C12CCN(Cc1cn3cc(C)ccc3n1)CC2. The zero-order valence-electron chi connectivity index (χ0n) is 14.6. The Hall–Kier alpha value is -1.43. The summed E-state index contributed by atoms with van der Waals surface area (Å²) in [7, 11) is 0. The lowest BCUT2D eigenvalue weighted by Crippen LogP contribution is -2.62. The number of pyridine rings is 1. The van der Waals surface area contributed by atoms with E-state index in [0.717, 1.165) is 56.8 Å². The number of aliphatic hydroxyl groups excluding tert-OH is 1. The van der Waals surface area contributed by atoms with Gasteiger partial charge in [0.2, 0.25) is 0 Å². The number of ether oxygens (including phenoxy) is 1. The van der Waals surface area contributed by atoms with Crippen molar-refractivity contribution in [2.24, 2.45) is 5.41 Å². The molecule has 1 saturated heterocycles. The van der Waals surface area contributed by atoms with Crippen molar-refractivity contribution in [3.63, 3.8) is 0 Å². The molecule has 3 heterocycles. The summed E-state index contributed by atoms with van der Waals surface area (Å²) in [5, 5.41) is 10.3. The van der Waals surface area contributed by atoms with Crippen molar-refractivity contribution >= 4 is 5.65 Å². The highest BCUT2D eigenvalue weighted by Crippen LogP contribution is 2.51. The number of nitrogens with zero attached hydrogens (tertiary/aromatic N) is 3. The highest BCUT2D eigenvalue weighted by molar-refractivity contribution is 5.41. The van der Waals surface area contributed by atoms with Crippen LogP contribution in [-0.2, 0) is 11.3 Å². The lowest BCUT2D eigenvalue weighted by molar-refractivity contribution is -0.209. The molecule has 1 N–H and O–H groups in total. The number of imidazole rings is 1. The summed E-state index contributed by atoms with van der Waals surface area (Å²) < 4.78 is 7.96. The third kappa shape index (κ3) is 2.65. The zero-order chi connectivity index (χ0) is 16.7. The molecular weight excluding hydrogens is 302 g/mol. The first kappa shape index (κ1) is 16.1. The average molecular weight is 329 g/mol. The van der Waals surface area contributed by atoms with E-state index < -0.39 is 0 Å². The van der Waals surface area contributed by atoms with Crippen LogP contribution < -0.4 is 0 Å². The summed E-state index contributed by atoms with van der Waals surface area (Å²) in [6, 6.07) is 4.17. The van der Waals surface area contributed by atoms with Crippen LogP contribution >= 0.6 is 0 Å². The first-order chi connectivity index (χ1) is 11.6. The van der Waals surface area contributed by atoms with Crippen molar-refractivity contribution in [1.82, 2.24) is 14.3 Å². The van der Waals surface area contributed by atoms with Crippen LogP contribution in [0.2, 0.25) is 0 Å². The minimum atomic E-state index is -0.186. The lowest BCUT2D eigenvalue weighted by Gasteiger charge is -2.56. The molecule has 4 rings (SSSR count). The molecule has 2 aliphatic rings. The molecule has 1 saturated carbocycles. The number of rotatable bonds is 4. The van der Waals surface area contributed by atoms with Gasteiger partial charge in [0.05, 0.1) is 17.9 Å². The lowest BCUT2D eigenvalue weighted by atomic mass is 9.58. The number of aromatic nitrogens is 2. The van der Waals surface area contributed by atoms with Crippen LogP contribution in [0.4, 0.5) is 0 Å². The Bertz CT molecular complexity index is 716. The summed E-state index contributed by atoms with van der Waals surface area (Å²) in [6.07, 6.45) is 7.16. The van der Waals surface area contributed by atoms with E-state index in [1.165, 1.54) is 5.56 Å². The predicted octanol–water partition coefficient (Wildman–Crippen LogP) is 2.39. The van der Waals surface area contributed by atoms with E-state index >= 15 is 0 Å². The second kappa shape index (κ2) is 6.14. The minimum Gasteiger partial charge on any atom is -0.392 e. The van der Waals surface area contributed by atoms with Gasteiger partial charge in [-0.3, -0.25) is 4.90 Å². The molecule has 2 aromatic heterocycles. The van der Waals surface area contributed by atoms with Crippen LogP contribution in [0.25, 0.3) is 5.65 Å². The van der Waals surface area contributed by atoms with E-state index in [0.29, 0.717) is 0 Å². The number of hydrogen-bond acceptors (Lipinski definition) is 4. The maximum Gasteiger partial charge on any atom is 0.137 e. The van der Waals surface area contributed by atoms with Gasteiger partial charge in [0.1, 0.15) is 5.65 Å². The van der Waals surface area contributed by atoms with E-state index in [-0.39, 0.29) is 17.6 Å². The third-order valence-electron chi connectivity index (χ3n) is 5.93. The molecule has 2 aromatic rings. The van der Waals surface area contributed by atoms with E-state index in [1.54, 1.807) is 0 Å². The fourth-order valence-corrected chi connectivity index (χ4v) is 4.40. The molecule has 1 spiro atoms. The van der Waals surface area contributed by atoms with Gasteiger partial charge in [-0.15, -0.1) is 0 Å². The molecule has 5 heteroatoms. The Labute approximate surface area is 143 Å². The summed E-state index contributed by atoms with van der Waals surface area (Å²) in [6.45, 7) is 7.78. The van der Waals surface area contributed by atoms with Crippen molar-refractivity contribution in [3.05, 3.63) is 35.8 Å². The second-order valence-electron chi connectivity index (χ2n) is 7.41. The first-order valence-electron chi connectivity index (χ1n) is 9.07. The molecule has 0 aromatic carbocycles. The van der Waals surface area contributed by atoms with Crippen LogP contribution in [0.3, 0.4) is 0 Å². The molecule has 2 atom stereocenters. The van der Waals surface area contributed by atoms with Crippen LogP contribution in [0.1, 0.15) is 37.4 Å². The normalized spacial score (nSPS) is 26.8. The molecule has 5 nitrogen and oxygen atoms in total.